The molecule has 2 heterocycles. The summed E-state index contributed by atoms with van der Waals surface area (Å²) in [5, 5.41) is 2.80. The van der Waals surface area contributed by atoms with Gasteiger partial charge in [-0.25, -0.2) is 0 Å². The molecule has 1 saturated heterocycles. The van der Waals surface area contributed by atoms with Gasteiger partial charge in [-0.3, -0.25) is 9.69 Å². The van der Waals surface area contributed by atoms with Crippen molar-refractivity contribution in [3.05, 3.63) is 64.7 Å². The number of hydrogen-bond acceptors (Lipinski definition) is 4. The number of rotatable bonds is 4. The topological polar surface area (TPSA) is 50.8 Å². The number of fused-ring (bicyclic) bond motifs is 1. The van der Waals surface area contributed by atoms with Gasteiger partial charge in [0.1, 0.15) is 5.75 Å². The number of hydrogen-bond donors (Lipinski definition) is 1. The molecule has 0 saturated carbocycles. The Bertz CT molecular complexity index is 885. The summed E-state index contributed by atoms with van der Waals surface area (Å²) in [6.45, 7) is 2.85. The lowest BCUT2D eigenvalue weighted by Gasteiger charge is -2.33. The smallest absolute Gasteiger partial charge is 0.406 e. The van der Waals surface area contributed by atoms with Crippen LogP contribution in [0.2, 0.25) is 0 Å². The fraction of sp³-hybridized carbons (Fsp3) is 0.350. The average molecular weight is 392 g/mol. The second-order valence-electron chi connectivity index (χ2n) is 6.89. The molecule has 4 rings (SSSR count). The molecule has 1 N–H and O–H groups in total. The zero-order valence-electron chi connectivity index (χ0n) is 15.0. The minimum absolute atomic E-state index is 0.0614. The van der Waals surface area contributed by atoms with Gasteiger partial charge in [-0.2, -0.15) is 0 Å². The predicted molar refractivity (Wildman–Crippen MR) is 94.7 cm³/mol. The summed E-state index contributed by atoms with van der Waals surface area (Å²) in [6.07, 6.45) is -4.85. The molecule has 1 unspecified atom stereocenters. The van der Waals surface area contributed by atoms with E-state index >= 15 is 0 Å². The number of ether oxygens (including phenoxy) is 2. The van der Waals surface area contributed by atoms with E-state index in [0.717, 1.165) is 16.7 Å². The Hall–Kier alpha value is -2.58. The molecule has 1 amide bonds. The van der Waals surface area contributed by atoms with Crippen molar-refractivity contribution in [2.24, 2.45) is 0 Å². The maximum absolute atomic E-state index is 12.4. The Morgan fingerprint density at radius 2 is 2.07 bits per heavy atom. The highest BCUT2D eigenvalue weighted by Crippen LogP contribution is 2.28. The lowest BCUT2D eigenvalue weighted by Crippen LogP contribution is -2.37. The van der Waals surface area contributed by atoms with Gasteiger partial charge in [0.25, 0.3) is 5.91 Å². The minimum atomic E-state index is -4.70. The number of morpholine rings is 1. The number of halogens is 3. The van der Waals surface area contributed by atoms with Crippen LogP contribution in [0.3, 0.4) is 0 Å². The van der Waals surface area contributed by atoms with E-state index in [-0.39, 0.29) is 17.8 Å². The van der Waals surface area contributed by atoms with E-state index in [1.165, 1.54) is 12.1 Å². The molecule has 2 aliphatic rings. The molecule has 2 aromatic rings. The Labute approximate surface area is 160 Å². The number of benzene rings is 2. The normalized spacial score (nSPS) is 20.0. The second kappa shape index (κ2) is 7.44. The summed E-state index contributed by atoms with van der Waals surface area (Å²) in [4.78, 5) is 13.8. The molecule has 1 fully saturated rings. The summed E-state index contributed by atoms with van der Waals surface area (Å²) >= 11 is 0. The van der Waals surface area contributed by atoms with Crippen molar-refractivity contribution < 1.29 is 27.4 Å². The van der Waals surface area contributed by atoms with Crippen LogP contribution in [0.1, 0.15) is 33.2 Å². The zero-order chi connectivity index (χ0) is 19.7. The van der Waals surface area contributed by atoms with Crippen LogP contribution in [0.15, 0.2) is 42.5 Å². The molecule has 0 bridgehead atoms. The second-order valence-corrected chi connectivity index (χ2v) is 6.89. The number of nitrogens with zero attached hydrogens (tertiary/aromatic N) is 1. The summed E-state index contributed by atoms with van der Waals surface area (Å²) in [6, 6.07) is 11.7. The highest BCUT2D eigenvalue weighted by atomic mass is 19.4. The Kier molecular flexibility index (Phi) is 4.99. The molecule has 1 atom stereocenters. The lowest BCUT2D eigenvalue weighted by molar-refractivity contribution is -0.274. The van der Waals surface area contributed by atoms with Crippen molar-refractivity contribution in [1.82, 2.24) is 10.2 Å². The Balaban J connectivity index is 1.43. The third-order valence-electron chi connectivity index (χ3n) is 4.87. The molecule has 0 spiro atoms. The van der Waals surface area contributed by atoms with Gasteiger partial charge in [0.05, 0.1) is 12.7 Å². The van der Waals surface area contributed by atoms with Gasteiger partial charge in [-0.1, -0.05) is 24.3 Å². The first-order valence-corrected chi connectivity index (χ1v) is 8.97. The van der Waals surface area contributed by atoms with Gasteiger partial charge in [-0.15, -0.1) is 13.2 Å². The van der Waals surface area contributed by atoms with Crippen molar-refractivity contribution in [2.75, 3.05) is 19.7 Å². The van der Waals surface area contributed by atoms with Crippen LogP contribution in [0.5, 0.6) is 5.75 Å². The first-order valence-electron chi connectivity index (χ1n) is 8.97. The molecule has 5 nitrogen and oxygen atoms in total. The average Bonchev–Trinajstić information content (AvgIpc) is 3.01. The number of alkyl halides is 3. The van der Waals surface area contributed by atoms with E-state index < -0.39 is 6.36 Å². The monoisotopic (exact) mass is 392 g/mol. The molecular formula is C20H19F3N2O3. The van der Waals surface area contributed by atoms with Gasteiger partial charge in [0, 0.05) is 31.7 Å². The molecular weight excluding hydrogens is 373 g/mol. The van der Waals surface area contributed by atoms with Crippen LogP contribution in [0, 0.1) is 0 Å². The SMILES string of the molecule is O=C1NCc2cc(C3CN(Cc4cccc(OC(F)(F)F)c4)CCO3)ccc21. The maximum Gasteiger partial charge on any atom is 0.573 e. The fourth-order valence-electron chi connectivity index (χ4n) is 3.60. The van der Waals surface area contributed by atoms with E-state index in [1.807, 2.05) is 18.2 Å². The Morgan fingerprint density at radius 3 is 2.89 bits per heavy atom. The maximum atomic E-state index is 12.4. The first-order chi connectivity index (χ1) is 13.4. The highest BCUT2D eigenvalue weighted by molar-refractivity contribution is 5.98. The molecule has 8 heteroatoms. The molecule has 2 aromatic carbocycles. The van der Waals surface area contributed by atoms with Crippen LogP contribution in [0.4, 0.5) is 13.2 Å². The summed E-state index contributed by atoms with van der Waals surface area (Å²) in [5.74, 6) is -0.278. The van der Waals surface area contributed by atoms with Gasteiger partial charge in [0.2, 0.25) is 0 Å². The van der Waals surface area contributed by atoms with E-state index in [0.29, 0.717) is 38.3 Å². The van der Waals surface area contributed by atoms with Crippen LogP contribution < -0.4 is 10.1 Å². The molecule has 0 aromatic heterocycles. The molecule has 148 valence electrons. The molecule has 0 aliphatic carbocycles. The molecule has 2 aliphatic heterocycles. The van der Waals surface area contributed by atoms with Crippen LogP contribution in [-0.4, -0.2) is 36.9 Å². The van der Waals surface area contributed by atoms with E-state index in [4.69, 9.17) is 4.74 Å². The largest absolute Gasteiger partial charge is 0.573 e. The van der Waals surface area contributed by atoms with Crippen LogP contribution >= 0.6 is 0 Å². The van der Waals surface area contributed by atoms with Crippen molar-refractivity contribution >= 4 is 5.91 Å². The summed E-state index contributed by atoms with van der Waals surface area (Å²) in [7, 11) is 0. The lowest BCUT2D eigenvalue weighted by atomic mass is 10.0. The van der Waals surface area contributed by atoms with Crippen molar-refractivity contribution in [1.29, 1.82) is 0 Å². The van der Waals surface area contributed by atoms with Crippen LogP contribution in [-0.2, 0) is 17.8 Å². The van der Waals surface area contributed by atoms with E-state index in [9.17, 15) is 18.0 Å². The summed E-state index contributed by atoms with van der Waals surface area (Å²) < 4.78 is 47.1. The number of amides is 1. The Morgan fingerprint density at radius 1 is 1.21 bits per heavy atom. The quantitative estimate of drug-likeness (QED) is 0.867. The van der Waals surface area contributed by atoms with Gasteiger partial charge in [0.15, 0.2) is 0 Å². The van der Waals surface area contributed by atoms with Gasteiger partial charge >= 0.3 is 6.36 Å². The summed E-state index contributed by atoms with van der Waals surface area (Å²) in [5.41, 5.74) is 3.39. The zero-order valence-corrected chi connectivity index (χ0v) is 15.0. The van der Waals surface area contributed by atoms with Crippen molar-refractivity contribution in [3.63, 3.8) is 0 Å². The third kappa shape index (κ3) is 4.28. The fourth-order valence-corrected chi connectivity index (χ4v) is 3.60. The number of carbonyl (C=O) groups is 1. The number of nitrogens with one attached hydrogen (secondary N) is 1. The highest BCUT2D eigenvalue weighted by Gasteiger charge is 2.31. The van der Waals surface area contributed by atoms with Gasteiger partial charge in [-0.05, 0) is 34.9 Å². The molecule has 28 heavy (non-hydrogen) atoms. The van der Waals surface area contributed by atoms with Crippen molar-refractivity contribution in [3.8, 4) is 5.75 Å². The third-order valence-corrected chi connectivity index (χ3v) is 4.87. The van der Waals surface area contributed by atoms with E-state index in [1.54, 1.807) is 12.1 Å². The number of carbonyl (C=O) groups excluding carboxylic acids is 1. The predicted octanol–water partition coefficient (Wildman–Crippen LogP) is 3.40. The minimum Gasteiger partial charge on any atom is -0.406 e. The van der Waals surface area contributed by atoms with E-state index in [2.05, 4.69) is 15.0 Å². The van der Waals surface area contributed by atoms with Crippen LogP contribution in [0.25, 0.3) is 0 Å². The van der Waals surface area contributed by atoms with Crippen molar-refractivity contribution in [2.45, 2.75) is 25.6 Å². The molecule has 0 radical (unpaired) electrons. The standard InChI is InChI=1S/C20H19F3N2O3/c21-20(22,23)28-16-3-1-2-13(8-16)11-25-6-7-27-18(12-25)14-4-5-17-15(9-14)10-24-19(17)26/h1-5,8-9,18H,6-7,10-12H2,(H,24,26). The first kappa shape index (κ1) is 18.8. The van der Waals surface area contributed by atoms with Gasteiger partial charge < -0.3 is 14.8 Å².